The number of aromatic amines is 1. The summed E-state index contributed by atoms with van der Waals surface area (Å²) >= 11 is 1.80. The number of aromatic nitrogens is 2. The molecular formula is C16H24N2O5S. The van der Waals surface area contributed by atoms with Gasteiger partial charge in [-0.05, 0) is 32.9 Å². The van der Waals surface area contributed by atoms with E-state index in [1.165, 1.54) is 10.8 Å². The van der Waals surface area contributed by atoms with Crippen molar-refractivity contribution in [3.05, 3.63) is 32.6 Å². The van der Waals surface area contributed by atoms with Crippen LogP contribution in [0.25, 0.3) is 0 Å². The van der Waals surface area contributed by atoms with Crippen molar-refractivity contribution in [1.29, 1.82) is 0 Å². The van der Waals surface area contributed by atoms with E-state index in [4.69, 9.17) is 14.2 Å². The number of ether oxygens (including phenoxy) is 3. The van der Waals surface area contributed by atoms with Gasteiger partial charge in [-0.15, -0.1) is 0 Å². The Kier molecular flexibility index (Phi) is 4.92. The second-order valence-electron chi connectivity index (χ2n) is 6.68. The highest BCUT2D eigenvalue weighted by Gasteiger charge is 2.55. The van der Waals surface area contributed by atoms with Crippen molar-refractivity contribution in [1.82, 2.24) is 9.55 Å². The van der Waals surface area contributed by atoms with Gasteiger partial charge >= 0.3 is 5.69 Å². The Hall–Kier alpha value is -1.09. The van der Waals surface area contributed by atoms with Gasteiger partial charge < -0.3 is 14.2 Å². The van der Waals surface area contributed by atoms with E-state index in [9.17, 15) is 9.59 Å². The maximum absolute atomic E-state index is 12.2. The molecule has 0 saturated carbocycles. The van der Waals surface area contributed by atoms with E-state index in [-0.39, 0.29) is 23.9 Å². The molecule has 2 aliphatic heterocycles. The molecule has 134 valence electrons. The molecule has 0 aliphatic carbocycles. The molecule has 0 spiro atoms. The average molecular weight is 356 g/mol. The quantitative estimate of drug-likeness (QED) is 0.803. The van der Waals surface area contributed by atoms with E-state index in [0.717, 1.165) is 17.9 Å². The zero-order valence-corrected chi connectivity index (χ0v) is 15.2. The average Bonchev–Trinajstić information content (AvgIpc) is 2.97. The zero-order chi connectivity index (χ0) is 17.5. The summed E-state index contributed by atoms with van der Waals surface area (Å²) in [6.45, 7) is 7.51. The standard InChI is InChI=1S/C16H24N2O5S/c1-5-6-24-8-10-11-12(23-16(3,4)22-11)14(21-10)18-7-9(2)13(19)17-15(18)20/h7,10-12,14H,5-6,8H2,1-4H3,(H,17,19,20)/t10-,11-,12-,14-/m1/s1. The molecule has 0 unspecified atom stereocenters. The Bertz CT molecular complexity index is 713. The van der Waals surface area contributed by atoms with Gasteiger partial charge in [0.2, 0.25) is 0 Å². The fourth-order valence-corrected chi connectivity index (χ4v) is 4.09. The Balaban J connectivity index is 1.89. The number of hydrogen-bond acceptors (Lipinski definition) is 6. The first-order valence-corrected chi connectivity index (χ1v) is 9.39. The summed E-state index contributed by atoms with van der Waals surface area (Å²) in [6, 6.07) is 0. The maximum Gasteiger partial charge on any atom is 0.330 e. The summed E-state index contributed by atoms with van der Waals surface area (Å²) in [6.07, 6.45) is 1.25. The first-order valence-electron chi connectivity index (χ1n) is 8.23. The number of fused-ring (bicyclic) bond motifs is 1. The van der Waals surface area contributed by atoms with E-state index < -0.39 is 17.7 Å². The summed E-state index contributed by atoms with van der Waals surface area (Å²) in [4.78, 5) is 26.2. The van der Waals surface area contributed by atoms with Crippen LogP contribution in [0.3, 0.4) is 0 Å². The number of aryl methyl sites for hydroxylation is 1. The van der Waals surface area contributed by atoms with Crippen molar-refractivity contribution < 1.29 is 14.2 Å². The first-order chi connectivity index (χ1) is 11.3. The van der Waals surface area contributed by atoms with Crippen LogP contribution >= 0.6 is 11.8 Å². The summed E-state index contributed by atoms with van der Waals surface area (Å²) in [5.74, 6) is 1.11. The van der Waals surface area contributed by atoms with E-state index >= 15 is 0 Å². The molecule has 24 heavy (non-hydrogen) atoms. The van der Waals surface area contributed by atoms with Gasteiger partial charge in [0.25, 0.3) is 5.56 Å². The molecule has 1 aromatic rings. The van der Waals surface area contributed by atoms with Crippen molar-refractivity contribution in [2.24, 2.45) is 0 Å². The van der Waals surface area contributed by atoms with Crippen LogP contribution in [0.4, 0.5) is 0 Å². The lowest BCUT2D eigenvalue weighted by molar-refractivity contribution is -0.194. The van der Waals surface area contributed by atoms with Crippen molar-refractivity contribution in [3.63, 3.8) is 0 Å². The summed E-state index contributed by atoms with van der Waals surface area (Å²) < 4.78 is 19.5. The smallest absolute Gasteiger partial charge is 0.330 e. The molecule has 2 fully saturated rings. The highest BCUT2D eigenvalue weighted by molar-refractivity contribution is 7.99. The topological polar surface area (TPSA) is 82.6 Å². The molecule has 2 aliphatic rings. The first kappa shape index (κ1) is 17.7. The third-order valence-electron chi connectivity index (χ3n) is 4.18. The minimum Gasteiger partial charge on any atom is -0.348 e. The summed E-state index contributed by atoms with van der Waals surface area (Å²) in [5.41, 5.74) is -0.425. The molecule has 7 nitrogen and oxygen atoms in total. The molecule has 3 rings (SSSR count). The number of thioether (sulfide) groups is 1. The van der Waals surface area contributed by atoms with Gasteiger partial charge in [-0.2, -0.15) is 11.8 Å². The SMILES string of the molecule is CCCSC[C@H]1O[C@@H](n2cc(C)c(=O)[nH]c2=O)[C@@H]2OC(C)(C)O[C@@H]21. The van der Waals surface area contributed by atoms with Gasteiger partial charge in [0.05, 0.1) is 6.10 Å². The summed E-state index contributed by atoms with van der Waals surface area (Å²) in [7, 11) is 0. The molecule has 2 saturated heterocycles. The van der Waals surface area contributed by atoms with Crippen LogP contribution in [0.2, 0.25) is 0 Å². The van der Waals surface area contributed by atoms with E-state index in [2.05, 4.69) is 11.9 Å². The number of nitrogens with zero attached hydrogens (tertiary/aromatic N) is 1. The predicted molar refractivity (Wildman–Crippen MR) is 91.4 cm³/mol. The lowest BCUT2D eigenvalue weighted by Gasteiger charge is -2.25. The minimum atomic E-state index is -0.716. The van der Waals surface area contributed by atoms with E-state index in [1.54, 1.807) is 18.7 Å². The number of nitrogens with one attached hydrogen (secondary N) is 1. The molecule has 0 bridgehead atoms. The molecule has 1 N–H and O–H groups in total. The van der Waals surface area contributed by atoms with Crippen LogP contribution < -0.4 is 11.2 Å². The van der Waals surface area contributed by atoms with Gasteiger partial charge in [-0.3, -0.25) is 14.3 Å². The third-order valence-corrected chi connectivity index (χ3v) is 5.44. The highest BCUT2D eigenvalue weighted by Crippen LogP contribution is 2.43. The van der Waals surface area contributed by atoms with Crippen LogP contribution in [0.15, 0.2) is 15.8 Å². The normalized spacial score (nSPS) is 31.3. The van der Waals surface area contributed by atoms with Crippen molar-refractivity contribution in [2.45, 2.75) is 64.4 Å². The second-order valence-corrected chi connectivity index (χ2v) is 7.83. The lowest BCUT2D eigenvalue weighted by atomic mass is 10.1. The Labute approximate surface area is 144 Å². The number of hydrogen-bond donors (Lipinski definition) is 1. The molecule has 1 aromatic heterocycles. The fourth-order valence-electron chi connectivity index (χ4n) is 3.14. The van der Waals surface area contributed by atoms with Crippen LogP contribution in [0.5, 0.6) is 0 Å². The Morgan fingerprint density at radius 2 is 2.00 bits per heavy atom. The molecule has 0 aromatic carbocycles. The Morgan fingerprint density at radius 1 is 1.29 bits per heavy atom. The molecule has 3 heterocycles. The monoisotopic (exact) mass is 356 g/mol. The summed E-state index contributed by atoms with van der Waals surface area (Å²) in [5, 5.41) is 0. The van der Waals surface area contributed by atoms with Crippen molar-refractivity contribution in [3.8, 4) is 0 Å². The van der Waals surface area contributed by atoms with E-state index in [1.807, 2.05) is 13.8 Å². The molecular weight excluding hydrogens is 332 g/mol. The number of H-pyrrole nitrogens is 1. The Morgan fingerprint density at radius 3 is 2.71 bits per heavy atom. The van der Waals surface area contributed by atoms with Gasteiger partial charge in [0, 0.05) is 17.5 Å². The van der Waals surface area contributed by atoms with Crippen LogP contribution in [0.1, 0.15) is 39.0 Å². The number of rotatable bonds is 5. The predicted octanol–water partition coefficient (Wildman–Crippen LogP) is 1.41. The third kappa shape index (κ3) is 3.33. The van der Waals surface area contributed by atoms with Crippen LogP contribution in [-0.2, 0) is 14.2 Å². The lowest BCUT2D eigenvalue weighted by Crippen LogP contribution is -2.38. The second kappa shape index (κ2) is 6.67. The van der Waals surface area contributed by atoms with Gasteiger partial charge in [-0.25, -0.2) is 4.79 Å². The van der Waals surface area contributed by atoms with Crippen LogP contribution in [-0.4, -0.2) is 45.2 Å². The van der Waals surface area contributed by atoms with Gasteiger partial charge in [0.1, 0.15) is 12.2 Å². The highest BCUT2D eigenvalue weighted by atomic mass is 32.2. The van der Waals surface area contributed by atoms with Crippen LogP contribution in [0, 0.1) is 6.92 Å². The molecule has 8 heteroatoms. The largest absolute Gasteiger partial charge is 0.348 e. The zero-order valence-electron chi connectivity index (χ0n) is 14.4. The van der Waals surface area contributed by atoms with E-state index in [0.29, 0.717) is 5.56 Å². The fraction of sp³-hybridized carbons (Fsp3) is 0.750. The van der Waals surface area contributed by atoms with Crippen molar-refractivity contribution in [2.75, 3.05) is 11.5 Å². The van der Waals surface area contributed by atoms with Gasteiger partial charge in [0.15, 0.2) is 12.0 Å². The molecule has 0 amide bonds. The molecule has 4 atom stereocenters. The molecule has 0 radical (unpaired) electrons. The van der Waals surface area contributed by atoms with Gasteiger partial charge in [-0.1, -0.05) is 6.92 Å². The maximum atomic E-state index is 12.2. The van der Waals surface area contributed by atoms with Crippen molar-refractivity contribution >= 4 is 11.8 Å². The minimum absolute atomic E-state index is 0.155.